The summed E-state index contributed by atoms with van der Waals surface area (Å²) in [5, 5.41) is 2.86. The summed E-state index contributed by atoms with van der Waals surface area (Å²) in [5.41, 5.74) is -0.0510. The fourth-order valence-electron chi connectivity index (χ4n) is 1.86. The second-order valence-corrected chi connectivity index (χ2v) is 4.71. The predicted octanol–water partition coefficient (Wildman–Crippen LogP) is 4.93. The molecule has 1 aromatic heterocycles. The Hall–Kier alpha value is -1.75. The number of halogens is 4. The van der Waals surface area contributed by atoms with Gasteiger partial charge in [-0.3, -0.25) is 4.98 Å². The van der Waals surface area contributed by atoms with Gasteiger partial charge in [-0.1, -0.05) is 17.7 Å². The maximum Gasteiger partial charge on any atom is 0.418 e. The van der Waals surface area contributed by atoms with Crippen LogP contribution in [-0.4, -0.2) is 4.98 Å². The lowest BCUT2D eigenvalue weighted by atomic mass is 10.1. The van der Waals surface area contributed by atoms with Gasteiger partial charge < -0.3 is 5.32 Å². The highest BCUT2D eigenvalue weighted by Crippen LogP contribution is 2.39. The molecule has 2 rings (SSSR count). The van der Waals surface area contributed by atoms with Crippen LogP contribution in [0.4, 0.5) is 18.9 Å². The largest absolute Gasteiger partial charge is 0.418 e. The molecule has 1 atom stereocenters. The van der Waals surface area contributed by atoms with Crippen molar-refractivity contribution in [1.29, 1.82) is 0 Å². The zero-order valence-electron chi connectivity index (χ0n) is 10.6. The molecule has 106 valence electrons. The molecule has 0 fully saturated rings. The van der Waals surface area contributed by atoms with Gasteiger partial charge in [0.05, 0.1) is 16.3 Å². The van der Waals surface area contributed by atoms with Crippen molar-refractivity contribution >= 4 is 17.3 Å². The monoisotopic (exact) mass is 300 g/mol. The Morgan fingerprint density at radius 2 is 1.80 bits per heavy atom. The number of hydrogen-bond acceptors (Lipinski definition) is 2. The average Bonchev–Trinajstić information content (AvgIpc) is 2.40. The Morgan fingerprint density at radius 3 is 2.40 bits per heavy atom. The van der Waals surface area contributed by atoms with Crippen LogP contribution in [0.3, 0.4) is 0 Å². The first kappa shape index (κ1) is 14.7. The van der Waals surface area contributed by atoms with E-state index >= 15 is 0 Å². The smallest absolute Gasteiger partial charge is 0.377 e. The van der Waals surface area contributed by atoms with E-state index in [1.165, 1.54) is 12.1 Å². The van der Waals surface area contributed by atoms with Crippen molar-refractivity contribution in [1.82, 2.24) is 4.98 Å². The van der Waals surface area contributed by atoms with Crippen molar-refractivity contribution in [2.75, 3.05) is 5.32 Å². The molecule has 0 aliphatic heterocycles. The van der Waals surface area contributed by atoms with Crippen LogP contribution in [0, 0.1) is 0 Å². The number of aromatic nitrogens is 1. The summed E-state index contributed by atoms with van der Waals surface area (Å²) in [6, 6.07) is 6.88. The van der Waals surface area contributed by atoms with Gasteiger partial charge in [0.15, 0.2) is 0 Å². The molecule has 1 aromatic carbocycles. The maximum absolute atomic E-state index is 13.0. The van der Waals surface area contributed by atoms with Crippen LogP contribution >= 0.6 is 11.6 Å². The molecular weight excluding hydrogens is 289 g/mol. The zero-order valence-corrected chi connectivity index (χ0v) is 11.3. The third kappa shape index (κ3) is 3.22. The molecule has 0 saturated heterocycles. The van der Waals surface area contributed by atoms with Gasteiger partial charge >= 0.3 is 6.18 Å². The lowest BCUT2D eigenvalue weighted by molar-refractivity contribution is -0.137. The number of hydrogen-bond donors (Lipinski definition) is 1. The molecule has 0 aliphatic rings. The SMILES string of the molecule is CC(Nc1c(Cl)cccc1C(F)(F)F)c1ccncc1. The second-order valence-electron chi connectivity index (χ2n) is 4.31. The highest BCUT2D eigenvalue weighted by molar-refractivity contribution is 6.33. The molecule has 1 heterocycles. The van der Waals surface area contributed by atoms with Crippen molar-refractivity contribution in [3.8, 4) is 0 Å². The average molecular weight is 301 g/mol. The molecule has 0 aliphatic carbocycles. The summed E-state index contributed by atoms with van der Waals surface area (Å²) >= 11 is 5.89. The minimum absolute atomic E-state index is 0.0423. The van der Waals surface area contributed by atoms with Gasteiger partial charge in [-0.05, 0) is 36.8 Å². The molecule has 20 heavy (non-hydrogen) atoms. The van der Waals surface area contributed by atoms with E-state index in [9.17, 15) is 13.2 Å². The van der Waals surface area contributed by atoms with E-state index in [0.717, 1.165) is 11.6 Å². The number of pyridine rings is 1. The van der Waals surface area contributed by atoms with Crippen molar-refractivity contribution in [3.05, 3.63) is 58.9 Å². The van der Waals surface area contributed by atoms with E-state index in [-0.39, 0.29) is 16.8 Å². The molecule has 2 aromatic rings. The van der Waals surface area contributed by atoms with Gasteiger partial charge in [-0.25, -0.2) is 0 Å². The van der Waals surface area contributed by atoms with Crippen LogP contribution < -0.4 is 5.32 Å². The molecule has 0 spiro atoms. The van der Waals surface area contributed by atoms with Crippen molar-refractivity contribution in [2.24, 2.45) is 0 Å². The molecule has 0 bridgehead atoms. The summed E-state index contributed by atoms with van der Waals surface area (Å²) in [7, 11) is 0. The summed E-state index contributed by atoms with van der Waals surface area (Å²) < 4.78 is 38.9. The first-order chi connectivity index (χ1) is 9.39. The zero-order chi connectivity index (χ0) is 14.8. The van der Waals surface area contributed by atoms with Gasteiger partial charge in [-0.15, -0.1) is 0 Å². The second kappa shape index (κ2) is 5.71. The summed E-state index contributed by atoms with van der Waals surface area (Å²) in [6.07, 6.45) is -1.28. The highest BCUT2D eigenvalue weighted by atomic mass is 35.5. The van der Waals surface area contributed by atoms with E-state index in [4.69, 9.17) is 11.6 Å². The van der Waals surface area contributed by atoms with E-state index in [2.05, 4.69) is 10.3 Å². The quantitative estimate of drug-likeness (QED) is 0.869. The Bertz CT molecular complexity index is 585. The van der Waals surface area contributed by atoms with E-state index in [1.54, 1.807) is 31.5 Å². The molecule has 2 nitrogen and oxygen atoms in total. The Kier molecular flexibility index (Phi) is 4.18. The number of alkyl halides is 3. The molecule has 6 heteroatoms. The summed E-state index contributed by atoms with van der Waals surface area (Å²) in [5.74, 6) is 0. The van der Waals surface area contributed by atoms with Crippen molar-refractivity contribution < 1.29 is 13.2 Å². The van der Waals surface area contributed by atoms with Crippen LogP contribution in [-0.2, 0) is 6.18 Å². The Morgan fingerprint density at radius 1 is 1.15 bits per heavy atom. The van der Waals surface area contributed by atoms with Gasteiger partial charge in [-0.2, -0.15) is 13.2 Å². The number of para-hydroxylation sites is 1. The Balaban J connectivity index is 2.34. The molecule has 1 unspecified atom stereocenters. The number of anilines is 1. The molecular formula is C14H12ClF3N2. The van der Waals surface area contributed by atoms with Gasteiger partial charge in [0.1, 0.15) is 0 Å². The standard InChI is InChI=1S/C14H12ClF3N2/c1-9(10-5-7-19-8-6-10)20-13-11(14(16,17)18)3-2-4-12(13)15/h2-9,20H,1H3. The van der Waals surface area contributed by atoms with Crippen LogP contribution in [0.5, 0.6) is 0 Å². The number of nitrogens with one attached hydrogen (secondary N) is 1. The fourth-order valence-corrected chi connectivity index (χ4v) is 2.09. The number of nitrogens with zero attached hydrogens (tertiary/aromatic N) is 1. The number of benzene rings is 1. The van der Waals surface area contributed by atoms with Gasteiger partial charge in [0.25, 0.3) is 0 Å². The van der Waals surface area contributed by atoms with Crippen LogP contribution in [0.25, 0.3) is 0 Å². The molecule has 0 radical (unpaired) electrons. The van der Waals surface area contributed by atoms with E-state index in [1.807, 2.05) is 0 Å². The third-order valence-corrected chi connectivity index (χ3v) is 3.20. The number of rotatable bonds is 3. The van der Waals surface area contributed by atoms with Crippen LogP contribution in [0.1, 0.15) is 24.1 Å². The third-order valence-electron chi connectivity index (χ3n) is 2.89. The lowest BCUT2D eigenvalue weighted by Gasteiger charge is -2.20. The first-order valence-corrected chi connectivity index (χ1v) is 6.29. The molecule has 1 N–H and O–H groups in total. The van der Waals surface area contributed by atoms with Crippen molar-refractivity contribution in [3.63, 3.8) is 0 Å². The van der Waals surface area contributed by atoms with Gasteiger partial charge in [0.2, 0.25) is 0 Å². The highest BCUT2D eigenvalue weighted by Gasteiger charge is 2.34. The topological polar surface area (TPSA) is 24.9 Å². The van der Waals surface area contributed by atoms with Gasteiger partial charge in [0, 0.05) is 18.4 Å². The summed E-state index contributed by atoms with van der Waals surface area (Å²) in [6.45, 7) is 1.76. The Labute approximate surface area is 119 Å². The van der Waals surface area contributed by atoms with Crippen molar-refractivity contribution in [2.45, 2.75) is 19.1 Å². The van der Waals surface area contributed by atoms with Crippen LogP contribution in [0.2, 0.25) is 5.02 Å². The minimum atomic E-state index is -4.45. The molecule has 0 amide bonds. The fraction of sp³-hybridized carbons (Fsp3) is 0.214. The summed E-state index contributed by atoms with van der Waals surface area (Å²) in [4.78, 5) is 3.88. The van der Waals surface area contributed by atoms with E-state index in [0.29, 0.717) is 0 Å². The minimum Gasteiger partial charge on any atom is -0.377 e. The normalized spacial score (nSPS) is 13.1. The lowest BCUT2D eigenvalue weighted by Crippen LogP contribution is -2.14. The first-order valence-electron chi connectivity index (χ1n) is 5.92. The van der Waals surface area contributed by atoms with E-state index < -0.39 is 11.7 Å². The predicted molar refractivity (Wildman–Crippen MR) is 72.7 cm³/mol. The molecule has 0 saturated carbocycles. The van der Waals surface area contributed by atoms with Crippen LogP contribution in [0.15, 0.2) is 42.7 Å². The maximum atomic E-state index is 13.0.